The first-order valence-corrected chi connectivity index (χ1v) is 9.43. The van der Waals surface area contributed by atoms with E-state index in [1.165, 1.54) is 18.7 Å². The summed E-state index contributed by atoms with van der Waals surface area (Å²) < 4.78 is 6.84. The Kier molecular flexibility index (Phi) is 6.12. The summed E-state index contributed by atoms with van der Waals surface area (Å²) >= 11 is 7.20. The molecule has 0 bridgehead atoms. The number of halogens is 1. The number of aromatic nitrogens is 3. The highest BCUT2D eigenvalue weighted by molar-refractivity contribution is 7.99. The fourth-order valence-corrected chi connectivity index (χ4v) is 3.20. The van der Waals surface area contributed by atoms with Gasteiger partial charge in [0.2, 0.25) is 0 Å². The first-order valence-electron chi connectivity index (χ1n) is 8.07. The molecule has 0 aliphatic rings. The van der Waals surface area contributed by atoms with Crippen LogP contribution in [0.25, 0.3) is 17.1 Å². The van der Waals surface area contributed by atoms with Gasteiger partial charge in [0.1, 0.15) is 6.07 Å². The third-order valence-electron chi connectivity index (χ3n) is 3.56. The van der Waals surface area contributed by atoms with Gasteiger partial charge in [-0.1, -0.05) is 53.7 Å². The lowest BCUT2D eigenvalue weighted by Gasteiger charge is -2.11. The number of rotatable bonds is 6. The van der Waals surface area contributed by atoms with E-state index in [1.54, 1.807) is 12.1 Å². The van der Waals surface area contributed by atoms with Crippen molar-refractivity contribution in [2.45, 2.75) is 18.2 Å². The lowest BCUT2D eigenvalue weighted by molar-refractivity contribution is -0.142. The summed E-state index contributed by atoms with van der Waals surface area (Å²) in [5.74, 6) is 0.187. The van der Waals surface area contributed by atoms with E-state index < -0.39 is 12.1 Å². The number of nitrogens with zero attached hydrogens (tertiary/aromatic N) is 4. The highest BCUT2D eigenvalue weighted by Crippen LogP contribution is 2.28. The summed E-state index contributed by atoms with van der Waals surface area (Å²) in [4.78, 5) is 11.9. The van der Waals surface area contributed by atoms with Gasteiger partial charge in [-0.25, -0.2) is 0 Å². The van der Waals surface area contributed by atoms with Crippen LogP contribution >= 0.6 is 23.4 Å². The second-order valence-corrected chi connectivity index (χ2v) is 6.91. The molecule has 1 atom stereocenters. The number of nitriles is 1. The maximum atomic E-state index is 11.9. The van der Waals surface area contributed by atoms with Gasteiger partial charge in [-0.15, -0.1) is 10.2 Å². The molecule has 0 saturated carbocycles. The summed E-state index contributed by atoms with van der Waals surface area (Å²) in [7, 11) is 0. The van der Waals surface area contributed by atoms with Gasteiger partial charge in [-0.05, 0) is 31.2 Å². The quantitative estimate of drug-likeness (QED) is 0.458. The Hall–Kier alpha value is -2.82. The SMILES string of the molecule is C[C@@H](C#N)OC(=O)CSc1nnc(-c2ccccc2)n1-c1ccc(Cl)cc1. The van der Waals surface area contributed by atoms with Crippen molar-refractivity contribution in [2.24, 2.45) is 0 Å². The average Bonchev–Trinajstić information content (AvgIpc) is 3.11. The van der Waals surface area contributed by atoms with Crippen molar-refractivity contribution in [3.05, 3.63) is 59.6 Å². The van der Waals surface area contributed by atoms with Crippen LogP contribution in [0.15, 0.2) is 59.8 Å². The molecule has 1 aromatic heterocycles. The minimum atomic E-state index is -0.785. The van der Waals surface area contributed by atoms with Crippen molar-refractivity contribution in [3.8, 4) is 23.1 Å². The fourth-order valence-electron chi connectivity index (χ4n) is 2.34. The number of ether oxygens (including phenoxy) is 1. The van der Waals surface area contributed by atoms with Crippen molar-refractivity contribution in [2.75, 3.05) is 5.75 Å². The van der Waals surface area contributed by atoms with Crippen LogP contribution < -0.4 is 0 Å². The van der Waals surface area contributed by atoms with E-state index in [-0.39, 0.29) is 5.75 Å². The molecule has 0 aliphatic heterocycles. The molecule has 0 spiro atoms. The fraction of sp³-hybridized carbons (Fsp3) is 0.158. The van der Waals surface area contributed by atoms with Crippen LogP contribution in [0, 0.1) is 11.3 Å². The molecule has 0 fully saturated rings. The van der Waals surface area contributed by atoms with Crippen molar-refractivity contribution >= 4 is 29.3 Å². The molecule has 2 aromatic carbocycles. The Morgan fingerprint density at radius 1 is 1.22 bits per heavy atom. The Morgan fingerprint density at radius 2 is 1.93 bits per heavy atom. The van der Waals surface area contributed by atoms with Crippen LogP contribution in [0.4, 0.5) is 0 Å². The molecule has 8 heteroatoms. The maximum absolute atomic E-state index is 11.9. The average molecular weight is 399 g/mol. The second-order valence-electron chi connectivity index (χ2n) is 5.53. The van der Waals surface area contributed by atoms with E-state index in [9.17, 15) is 4.79 Å². The molecule has 3 rings (SSSR count). The molecule has 0 N–H and O–H groups in total. The van der Waals surface area contributed by atoms with Crippen LogP contribution in [0.5, 0.6) is 0 Å². The molecule has 0 aliphatic carbocycles. The van der Waals surface area contributed by atoms with Crippen molar-refractivity contribution < 1.29 is 9.53 Å². The van der Waals surface area contributed by atoms with E-state index in [2.05, 4.69) is 10.2 Å². The van der Waals surface area contributed by atoms with Crippen LogP contribution in [-0.4, -0.2) is 32.6 Å². The number of hydrogen-bond donors (Lipinski definition) is 0. The molecule has 3 aromatic rings. The number of thioether (sulfide) groups is 1. The Balaban J connectivity index is 1.92. The summed E-state index contributed by atoms with van der Waals surface area (Å²) in [5, 5.41) is 18.4. The Morgan fingerprint density at radius 3 is 2.59 bits per heavy atom. The topological polar surface area (TPSA) is 80.8 Å². The number of benzene rings is 2. The summed E-state index contributed by atoms with van der Waals surface area (Å²) in [5.41, 5.74) is 1.72. The molecule has 1 heterocycles. The minimum absolute atomic E-state index is 0.0204. The van der Waals surface area contributed by atoms with Gasteiger partial charge in [0.15, 0.2) is 17.1 Å². The zero-order valence-electron chi connectivity index (χ0n) is 14.4. The van der Waals surface area contributed by atoms with E-state index in [4.69, 9.17) is 21.6 Å². The lowest BCUT2D eigenvalue weighted by Crippen LogP contribution is -2.15. The van der Waals surface area contributed by atoms with E-state index in [0.717, 1.165) is 11.3 Å². The normalized spacial score (nSPS) is 11.6. The standard InChI is InChI=1S/C19H15ClN4O2S/c1-13(11-21)26-17(25)12-27-19-23-22-18(14-5-3-2-4-6-14)24(19)16-9-7-15(20)8-10-16/h2-10,13H,12H2,1H3/t13-/m0/s1. The monoisotopic (exact) mass is 398 g/mol. The van der Waals surface area contributed by atoms with Gasteiger partial charge in [0.25, 0.3) is 0 Å². The first kappa shape index (κ1) is 19.0. The second kappa shape index (κ2) is 8.71. The summed E-state index contributed by atoms with van der Waals surface area (Å²) in [6.45, 7) is 1.52. The highest BCUT2D eigenvalue weighted by atomic mass is 35.5. The van der Waals surface area contributed by atoms with Gasteiger partial charge >= 0.3 is 5.97 Å². The zero-order valence-corrected chi connectivity index (χ0v) is 15.9. The van der Waals surface area contributed by atoms with Gasteiger partial charge in [0.05, 0.1) is 5.75 Å². The number of carbonyl (C=O) groups is 1. The van der Waals surface area contributed by atoms with Gasteiger partial charge in [-0.2, -0.15) is 5.26 Å². The number of hydrogen-bond acceptors (Lipinski definition) is 6. The maximum Gasteiger partial charge on any atom is 0.317 e. The Labute approximate surface area is 165 Å². The third-order valence-corrected chi connectivity index (χ3v) is 4.71. The third kappa shape index (κ3) is 4.67. The molecular weight excluding hydrogens is 384 g/mol. The van der Waals surface area contributed by atoms with Crippen LogP contribution in [-0.2, 0) is 9.53 Å². The Bertz CT molecular complexity index is 968. The molecule has 27 heavy (non-hydrogen) atoms. The molecule has 0 radical (unpaired) electrons. The number of carbonyl (C=O) groups excluding carboxylic acids is 1. The molecule has 0 unspecified atom stereocenters. The van der Waals surface area contributed by atoms with Gasteiger partial charge in [-0.3, -0.25) is 9.36 Å². The molecule has 0 amide bonds. The molecule has 6 nitrogen and oxygen atoms in total. The van der Waals surface area contributed by atoms with E-state index in [0.29, 0.717) is 16.0 Å². The largest absolute Gasteiger partial charge is 0.447 e. The van der Waals surface area contributed by atoms with Crippen molar-refractivity contribution in [1.82, 2.24) is 14.8 Å². The lowest BCUT2D eigenvalue weighted by atomic mass is 10.2. The van der Waals surface area contributed by atoms with Crippen LogP contribution in [0.1, 0.15) is 6.92 Å². The minimum Gasteiger partial charge on any atom is -0.447 e. The predicted octanol–water partition coefficient (Wildman–Crippen LogP) is 4.14. The van der Waals surface area contributed by atoms with Gasteiger partial charge < -0.3 is 4.74 Å². The van der Waals surface area contributed by atoms with Crippen molar-refractivity contribution in [3.63, 3.8) is 0 Å². The van der Waals surface area contributed by atoms with Crippen molar-refractivity contribution in [1.29, 1.82) is 5.26 Å². The predicted molar refractivity (Wildman–Crippen MR) is 104 cm³/mol. The highest BCUT2D eigenvalue weighted by Gasteiger charge is 2.18. The van der Waals surface area contributed by atoms with Crippen LogP contribution in [0.3, 0.4) is 0 Å². The van der Waals surface area contributed by atoms with Crippen LogP contribution in [0.2, 0.25) is 5.02 Å². The van der Waals surface area contributed by atoms with E-state index in [1.807, 2.05) is 53.1 Å². The molecule has 0 saturated heterocycles. The smallest absolute Gasteiger partial charge is 0.317 e. The first-order chi connectivity index (χ1) is 13.1. The summed E-state index contributed by atoms with van der Waals surface area (Å²) in [6, 6.07) is 18.8. The zero-order chi connectivity index (χ0) is 19.2. The molecular formula is C19H15ClN4O2S. The summed E-state index contributed by atoms with van der Waals surface area (Å²) in [6.07, 6.45) is -0.785. The van der Waals surface area contributed by atoms with E-state index >= 15 is 0 Å². The number of esters is 1. The molecule has 136 valence electrons. The van der Waals surface area contributed by atoms with Gasteiger partial charge in [0, 0.05) is 16.3 Å².